The fourth-order valence-corrected chi connectivity index (χ4v) is 3.68. The molecule has 8 nitrogen and oxygen atoms in total. The Bertz CT molecular complexity index is 1110. The van der Waals surface area contributed by atoms with Crippen LogP contribution in [0.2, 0.25) is 0 Å². The number of halogens is 3. The van der Waals surface area contributed by atoms with Crippen LogP contribution in [-0.4, -0.2) is 35.2 Å². The second kappa shape index (κ2) is 8.44. The largest absolute Gasteiger partial charge is 0.435 e. The normalized spacial score (nSPS) is 15.2. The molecule has 32 heavy (non-hydrogen) atoms. The molecule has 0 radical (unpaired) electrons. The number of nitrogens with one attached hydrogen (secondary N) is 1. The molecular weight excluding hydrogens is 423 g/mol. The summed E-state index contributed by atoms with van der Waals surface area (Å²) in [5.41, 5.74) is 2.27. The average molecular weight is 449 g/mol. The van der Waals surface area contributed by atoms with Gasteiger partial charge in [-0.25, -0.2) is 0 Å². The van der Waals surface area contributed by atoms with Gasteiger partial charge < -0.3 is 5.32 Å². The van der Waals surface area contributed by atoms with Crippen LogP contribution in [0.25, 0.3) is 0 Å². The zero-order chi connectivity index (χ0) is 23.0. The van der Waals surface area contributed by atoms with Crippen LogP contribution >= 0.6 is 0 Å². The van der Waals surface area contributed by atoms with E-state index in [4.69, 9.17) is 0 Å². The highest BCUT2D eigenvalue weighted by molar-refractivity contribution is 5.91. The molecule has 1 N–H and O–H groups in total. The summed E-state index contributed by atoms with van der Waals surface area (Å²) in [4.78, 5) is 12.7. The molecule has 0 bridgehead atoms. The van der Waals surface area contributed by atoms with Gasteiger partial charge in [-0.3, -0.25) is 18.8 Å². The van der Waals surface area contributed by atoms with Crippen LogP contribution in [0.4, 0.5) is 18.9 Å². The summed E-state index contributed by atoms with van der Waals surface area (Å²) < 4.78 is 44.2. The highest BCUT2D eigenvalue weighted by atomic mass is 19.4. The first kappa shape index (κ1) is 22.1. The summed E-state index contributed by atoms with van der Waals surface area (Å²) in [5, 5.41) is 15.1. The van der Waals surface area contributed by atoms with Gasteiger partial charge in [-0.05, 0) is 32.8 Å². The maximum atomic E-state index is 13.1. The Morgan fingerprint density at radius 3 is 2.62 bits per heavy atom. The minimum atomic E-state index is -4.50. The molecule has 1 unspecified atom stereocenters. The van der Waals surface area contributed by atoms with Crippen molar-refractivity contribution >= 4 is 11.6 Å². The lowest BCUT2D eigenvalue weighted by Crippen LogP contribution is -2.25. The number of aromatic nitrogens is 6. The van der Waals surface area contributed by atoms with E-state index in [0.29, 0.717) is 17.9 Å². The van der Waals surface area contributed by atoms with Crippen molar-refractivity contribution in [2.75, 3.05) is 5.32 Å². The predicted molar refractivity (Wildman–Crippen MR) is 111 cm³/mol. The predicted octanol–water partition coefficient (Wildman–Crippen LogP) is 3.82. The molecule has 3 aromatic rings. The quantitative estimate of drug-likeness (QED) is 0.567. The third-order valence-corrected chi connectivity index (χ3v) is 5.73. The van der Waals surface area contributed by atoms with E-state index in [1.807, 2.05) is 18.5 Å². The van der Waals surface area contributed by atoms with Gasteiger partial charge in [0.25, 0.3) is 0 Å². The summed E-state index contributed by atoms with van der Waals surface area (Å²) in [6, 6.07) is 1.11. The number of hydrogen-bond donors (Lipinski definition) is 1. The number of carbonyl (C=O) groups excluding carboxylic acids is 1. The molecule has 0 aromatic carbocycles. The smallest absolute Gasteiger partial charge is 0.323 e. The van der Waals surface area contributed by atoms with E-state index in [1.165, 1.54) is 4.68 Å². The number of carbonyl (C=O) groups is 1. The Labute approximate surface area is 183 Å². The van der Waals surface area contributed by atoms with Crippen molar-refractivity contribution in [2.24, 2.45) is 5.92 Å². The van der Waals surface area contributed by atoms with Gasteiger partial charge in [0.05, 0.1) is 37.1 Å². The van der Waals surface area contributed by atoms with Gasteiger partial charge in [0.15, 0.2) is 5.69 Å². The van der Waals surface area contributed by atoms with Gasteiger partial charge in [-0.2, -0.15) is 28.5 Å². The number of amides is 1. The second-order valence-electron chi connectivity index (χ2n) is 8.30. The number of anilines is 1. The van der Waals surface area contributed by atoms with Crippen molar-refractivity contribution in [3.8, 4) is 0 Å². The molecular formula is C21H26F3N7O. The molecule has 3 aromatic heterocycles. The minimum Gasteiger partial charge on any atom is -0.323 e. The third-order valence-electron chi connectivity index (χ3n) is 5.73. The SMILES string of the molecule is CCn1ncc(Cn2cc(NC(=O)C(C)Cn3nc(C(F)(F)F)cc3C3CC3)cn2)c1C. The third kappa shape index (κ3) is 4.71. The molecule has 0 saturated heterocycles. The van der Waals surface area contributed by atoms with Crippen LogP contribution < -0.4 is 5.32 Å². The fraction of sp³-hybridized carbons (Fsp3) is 0.524. The number of nitrogens with zero attached hydrogens (tertiary/aromatic N) is 6. The highest BCUT2D eigenvalue weighted by Gasteiger charge is 2.38. The van der Waals surface area contributed by atoms with Crippen LogP contribution in [-0.2, 0) is 30.6 Å². The molecule has 1 aliphatic rings. The summed E-state index contributed by atoms with van der Waals surface area (Å²) in [6.07, 6.45) is 2.27. The lowest BCUT2D eigenvalue weighted by atomic mass is 10.1. The van der Waals surface area contributed by atoms with Crippen LogP contribution in [0, 0.1) is 12.8 Å². The van der Waals surface area contributed by atoms with E-state index in [0.717, 1.165) is 36.7 Å². The summed E-state index contributed by atoms with van der Waals surface area (Å²) in [5.74, 6) is -0.778. The molecule has 3 heterocycles. The number of hydrogen-bond acceptors (Lipinski definition) is 4. The molecule has 4 rings (SSSR count). The number of rotatable bonds is 8. The van der Waals surface area contributed by atoms with Gasteiger partial charge >= 0.3 is 6.18 Å². The van der Waals surface area contributed by atoms with E-state index in [9.17, 15) is 18.0 Å². The lowest BCUT2D eigenvalue weighted by molar-refractivity contribution is -0.141. The average Bonchev–Trinajstić information content (AvgIpc) is 3.16. The number of aryl methyl sites for hydroxylation is 1. The van der Waals surface area contributed by atoms with E-state index >= 15 is 0 Å². The molecule has 0 aliphatic heterocycles. The maximum absolute atomic E-state index is 13.1. The Morgan fingerprint density at radius 1 is 1.25 bits per heavy atom. The van der Waals surface area contributed by atoms with Gasteiger partial charge in [-0.15, -0.1) is 0 Å². The molecule has 1 saturated carbocycles. The number of alkyl halides is 3. The van der Waals surface area contributed by atoms with Crippen molar-refractivity contribution in [2.45, 2.75) is 65.3 Å². The molecule has 1 aliphatic carbocycles. The Hall–Kier alpha value is -3.11. The Balaban J connectivity index is 1.39. The van der Waals surface area contributed by atoms with Crippen molar-refractivity contribution in [3.63, 3.8) is 0 Å². The Morgan fingerprint density at radius 2 is 2.00 bits per heavy atom. The first-order valence-electron chi connectivity index (χ1n) is 10.6. The molecule has 11 heteroatoms. The first-order chi connectivity index (χ1) is 15.2. The lowest BCUT2D eigenvalue weighted by Gasteiger charge is -2.13. The van der Waals surface area contributed by atoms with Gasteiger partial charge in [0.2, 0.25) is 5.91 Å². The minimum absolute atomic E-state index is 0.0806. The van der Waals surface area contributed by atoms with Crippen molar-refractivity contribution < 1.29 is 18.0 Å². The van der Waals surface area contributed by atoms with Crippen molar-refractivity contribution in [3.05, 3.63) is 47.3 Å². The summed E-state index contributed by atoms with van der Waals surface area (Å²) in [7, 11) is 0. The van der Waals surface area contributed by atoms with E-state index in [1.54, 1.807) is 30.2 Å². The zero-order valence-corrected chi connectivity index (χ0v) is 18.2. The zero-order valence-electron chi connectivity index (χ0n) is 18.2. The van der Waals surface area contributed by atoms with Crippen LogP contribution in [0.1, 0.15) is 55.3 Å². The van der Waals surface area contributed by atoms with E-state index in [2.05, 4.69) is 20.6 Å². The van der Waals surface area contributed by atoms with E-state index in [-0.39, 0.29) is 18.4 Å². The summed E-state index contributed by atoms with van der Waals surface area (Å²) >= 11 is 0. The summed E-state index contributed by atoms with van der Waals surface area (Å²) in [6.45, 7) is 7.08. The topological polar surface area (TPSA) is 82.6 Å². The first-order valence-corrected chi connectivity index (χ1v) is 10.6. The Kier molecular flexibility index (Phi) is 5.83. The van der Waals surface area contributed by atoms with Gasteiger partial charge in [-0.1, -0.05) is 6.92 Å². The molecule has 0 spiro atoms. The highest BCUT2D eigenvalue weighted by Crippen LogP contribution is 2.42. The second-order valence-corrected chi connectivity index (χ2v) is 8.30. The monoisotopic (exact) mass is 449 g/mol. The van der Waals surface area contributed by atoms with Crippen molar-refractivity contribution in [1.82, 2.24) is 29.3 Å². The van der Waals surface area contributed by atoms with E-state index < -0.39 is 17.8 Å². The van der Waals surface area contributed by atoms with Crippen LogP contribution in [0.5, 0.6) is 0 Å². The van der Waals surface area contributed by atoms with Crippen LogP contribution in [0.15, 0.2) is 24.7 Å². The maximum Gasteiger partial charge on any atom is 0.435 e. The fourth-order valence-electron chi connectivity index (χ4n) is 3.68. The standard InChI is InChI=1S/C21H26F3N7O/c1-4-30-14(3)16(8-26-30)11-29-12-17(9-25-29)27-20(32)13(2)10-31-18(15-5-6-15)7-19(28-31)21(22,23)24/h7-9,12-13,15H,4-6,10-11H2,1-3H3,(H,27,32). The molecule has 1 amide bonds. The molecule has 1 fully saturated rings. The van der Waals surface area contributed by atoms with Crippen molar-refractivity contribution in [1.29, 1.82) is 0 Å². The molecule has 172 valence electrons. The van der Waals surface area contributed by atoms with Gasteiger partial charge in [0, 0.05) is 35.6 Å². The van der Waals surface area contributed by atoms with Crippen LogP contribution in [0.3, 0.4) is 0 Å². The molecule has 1 atom stereocenters. The van der Waals surface area contributed by atoms with Gasteiger partial charge in [0.1, 0.15) is 0 Å².